The van der Waals surface area contributed by atoms with E-state index in [9.17, 15) is 39.0 Å². The molecule has 5 aliphatic carbocycles. The lowest BCUT2D eigenvalue weighted by molar-refractivity contribution is -0.145. The molecule has 0 aromatic heterocycles. The highest BCUT2D eigenvalue weighted by Crippen LogP contribution is 2.61. The van der Waals surface area contributed by atoms with Crippen molar-refractivity contribution in [1.29, 1.82) is 0 Å². The monoisotopic (exact) mass is 860 g/mol. The van der Waals surface area contributed by atoms with Crippen LogP contribution in [-0.2, 0) is 46.5 Å². The minimum Gasteiger partial charge on any atom is -0.465 e. The molecule has 3 aromatic rings. The second-order valence-corrected chi connectivity index (χ2v) is 20.2. The molecule has 2 aliphatic heterocycles. The number of carbonyl (C=O) groups excluding carboxylic acids is 4. The SMILES string of the molecule is CC(C)(C)c1ccc(C2C(C3CCCN3[C@@]3(C(=O)NC(=O)O)c4ccc(cc4)C3(C)CC(N)=O)CCC2C2CCCN2[C@@]2(C(=O)NC(=O)O)c3ccc(cc3)C2(C)CC(N)=O)cc1. The summed E-state index contributed by atoms with van der Waals surface area (Å²) < 4.78 is 0. The number of amides is 6. The lowest BCUT2D eigenvalue weighted by Crippen LogP contribution is -2.70. The minimum absolute atomic E-state index is 0.0720. The van der Waals surface area contributed by atoms with Gasteiger partial charge >= 0.3 is 12.2 Å². The number of fused-ring (bicyclic) bond motifs is 6. The summed E-state index contributed by atoms with van der Waals surface area (Å²) in [6, 6.07) is 23.2. The number of nitrogens with one attached hydrogen (secondary N) is 2. The van der Waals surface area contributed by atoms with Gasteiger partial charge in [-0.2, -0.15) is 0 Å². The summed E-state index contributed by atoms with van der Waals surface area (Å²) in [5.74, 6) is -2.94. The Morgan fingerprint density at radius 2 is 0.968 bits per heavy atom. The molecule has 14 heteroatoms. The summed E-state index contributed by atoms with van der Waals surface area (Å²) in [5.41, 5.74) is 11.1. The van der Waals surface area contributed by atoms with Gasteiger partial charge in [-0.3, -0.25) is 39.6 Å². The lowest BCUT2D eigenvalue weighted by Gasteiger charge is -2.58. The van der Waals surface area contributed by atoms with E-state index in [1.165, 1.54) is 0 Å². The molecule has 3 fully saturated rings. The van der Waals surface area contributed by atoms with Crippen LogP contribution in [0.2, 0.25) is 0 Å². The fraction of sp³-hybridized carbons (Fsp3) is 0.510. The van der Waals surface area contributed by atoms with Crippen molar-refractivity contribution < 1.29 is 39.0 Å². The molecule has 7 aliphatic rings. The third-order valence-corrected chi connectivity index (χ3v) is 16.0. The number of carbonyl (C=O) groups is 6. The van der Waals surface area contributed by atoms with Crippen LogP contribution in [0, 0.1) is 11.8 Å². The van der Waals surface area contributed by atoms with Crippen molar-refractivity contribution in [3.63, 3.8) is 0 Å². The van der Waals surface area contributed by atoms with Crippen molar-refractivity contribution in [3.8, 4) is 0 Å². The number of nitrogens with zero attached hydrogens (tertiary/aromatic N) is 2. The molecule has 2 saturated heterocycles. The predicted octanol–water partition coefficient (Wildman–Crippen LogP) is 5.70. The van der Waals surface area contributed by atoms with Gasteiger partial charge in [0, 0.05) is 35.8 Å². The first-order valence-corrected chi connectivity index (χ1v) is 22.2. The van der Waals surface area contributed by atoms with Crippen LogP contribution in [0.15, 0.2) is 72.8 Å². The zero-order chi connectivity index (χ0) is 45.4. The highest BCUT2D eigenvalue weighted by molar-refractivity contribution is 6.01. The molecular weight excluding hydrogens is 801 g/mol. The van der Waals surface area contributed by atoms with E-state index in [0.29, 0.717) is 48.2 Å². The number of benzene rings is 3. The number of carboxylic acid groups (broad SMARTS) is 2. The van der Waals surface area contributed by atoms with Crippen molar-refractivity contribution in [2.24, 2.45) is 23.3 Å². The van der Waals surface area contributed by atoms with Gasteiger partial charge in [-0.25, -0.2) is 9.59 Å². The predicted molar refractivity (Wildman–Crippen MR) is 234 cm³/mol. The Morgan fingerprint density at radius 3 is 1.30 bits per heavy atom. The van der Waals surface area contributed by atoms with E-state index in [-0.39, 0.29) is 48.1 Å². The van der Waals surface area contributed by atoms with Gasteiger partial charge in [0.15, 0.2) is 0 Å². The molecule has 3 aromatic carbocycles. The average Bonchev–Trinajstić information content (AvgIpc) is 3.98. The van der Waals surface area contributed by atoms with E-state index < -0.39 is 57.7 Å². The molecule has 1 saturated carbocycles. The highest BCUT2D eigenvalue weighted by Gasteiger charge is 2.67. The summed E-state index contributed by atoms with van der Waals surface area (Å²) in [5, 5.41) is 24.6. The smallest absolute Gasteiger partial charge is 0.411 e. The molecule has 334 valence electrons. The number of primary amides is 2. The van der Waals surface area contributed by atoms with Gasteiger partial charge in [-0.1, -0.05) is 107 Å². The Labute approximate surface area is 368 Å². The van der Waals surface area contributed by atoms with Crippen LogP contribution in [0.1, 0.15) is 125 Å². The summed E-state index contributed by atoms with van der Waals surface area (Å²) in [6.45, 7) is 11.1. The molecule has 4 bridgehead atoms. The summed E-state index contributed by atoms with van der Waals surface area (Å²) in [6.07, 6.45) is 0.985. The van der Waals surface area contributed by atoms with Crippen LogP contribution in [0.3, 0.4) is 0 Å². The van der Waals surface area contributed by atoms with Gasteiger partial charge in [0.05, 0.1) is 0 Å². The normalized spacial score (nSPS) is 32.4. The molecule has 2 heterocycles. The van der Waals surface area contributed by atoms with Crippen LogP contribution < -0.4 is 22.1 Å². The van der Waals surface area contributed by atoms with Crippen molar-refractivity contribution in [1.82, 2.24) is 20.4 Å². The van der Waals surface area contributed by atoms with Crippen LogP contribution >= 0.6 is 0 Å². The maximum absolute atomic E-state index is 14.9. The molecule has 10 rings (SSSR count). The fourth-order valence-electron chi connectivity index (χ4n) is 13.7. The van der Waals surface area contributed by atoms with Crippen molar-refractivity contribution in [2.45, 2.75) is 131 Å². The van der Waals surface area contributed by atoms with Crippen molar-refractivity contribution >= 4 is 35.8 Å². The van der Waals surface area contributed by atoms with Crippen LogP contribution in [0.4, 0.5) is 9.59 Å². The highest BCUT2D eigenvalue weighted by atomic mass is 16.4. The summed E-state index contributed by atoms with van der Waals surface area (Å²) in [4.78, 5) is 84.8. The van der Waals surface area contributed by atoms with Crippen molar-refractivity contribution in [2.75, 3.05) is 13.1 Å². The molecule has 8 N–H and O–H groups in total. The third kappa shape index (κ3) is 6.57. The van der Waals surface area contributed by atoms with Gasteiger partial charge in [0.25, 0.3) is 11.8 Å². The second kappa shape index (κ2) is 15.6. The number of rotatable bonds is 11. The number of likely N-dealkylation sites (tertiary alicyclic amines) is 2. The maximum Gasteiger partial charge on any atom is 0.411 e. The molecule has 0 radical (unpaired) electrons. The van der Waals surface area contributed by atoms with Gasteiger partial charge in [-0.15, -0.1) is 0 Å². The molecule has 6 unspecified atom stereocenters. The average molecular weight is 861 g/mol. The first-order chi connectivity index (χ1) is 29.7. The molecule has 6 amide bonds. The van der Waals surface area contributed by atoms with E-state index in [1.54, 1.807) is 0 Å². The van der Waals surface area contributed by atoms with Crippen molar-refractivity contribution in [3.05, 3.63) is 106 Å². The van der Waals surface area contributed by atoms with Crippen LogP contribution in [-0.4, -0.2) is 81.0 Å². The number of imide groups is 2. The van der Waals surface area contributed by atoms with Gasteiger partial charge in [-0.05, 0) is 108 Å². The van der Waals surface area contributed by atoms with Crippen LogP contribution in [0.5, 0.6) is 0 Å². The second-order valence-electron chi connectivity index (χ2n) is 20.2. The number of nitrogens with two attached hydrogens (primary N) is 2. The zero-order valence-electron chi connectivity index (χ0n) is 36.8. The van der Waals surface area contributed by atoms with E-state index in [2.05, 4.69) is 65.5 Å². The number of hydrogen-bond donors (Lipinski definition) is 6. The molecule has 14 nitrogen and oxygen atoms in total. The number of hydrogen-bond acceptors (Lipinski definition) is 8. The van der Waals surface area contributed by atoms with Gasteiger partial charge < -0.3 is 21.7 Å². The van der Waals surface area contributed by atoms with E-state index >= 15 is 0 Å². The van der Waals surface area contributed by atoms with Crippen LogP contribution in [0.25, 0.3) is 0 Å². The maximum atomic E-state index is 14.9. The summed E-state index contributed by atoms with van der Waals surface area (Å²) in [7, 11) is 0. The Kier molecular flexibility index (Phi) is 10.9. The van der Waals surface area contributed by atoms with Gasteiger partial charge in [0.2, 0.25) is 11.8 Å². The summed E-state index contributed by atoms with van der Waals surface area (Å²) >= 11 is 0. The topological polar surface area (TPSA) is 225 Å². The molecular formula is C49H60N6O8. The Bertz CT molecular complexity index is 2210. The fourth-order valence-corrected chi connectivity index (χ4v) is 13.7. The molecule has 63 heavy (non-hydrogen) atoms. The van der Waals surface area contributed by atoms with Gasteiger partial charge in [0.1, 0.15) is 11.1 Å². The van der Waals surface area contributed by atoms with E-state index in [1.807, 2.05) is 62.4 Å². The van der Waals surface area contributed by atoms with E-state index in [0.717, 1.165) is 36.8 Å². The Balaban J connectivity index is 1.29. The molecule has 8 atom stereocenters. The lowest BCUT2D eigenvalue weighted by atomic mass is 9.56. The zero-order valence-corrected chi connectivity index (χ0v) is 36.8. The van der Waals surface area contributed by atoms with E-state index in [4.69, 9.17) is 11.5 Å². The first-order valence-electron chi connectivity index (χ1n) is 22.2. The largest absolute Gasteiger partial charge is 0.465 e. The Morgan fingerprint density at radius 1 is 0.603 bits per heavy atom. The third-order valence-electron chi connectivity index (χ3n) is 16.0. The molecule has 0 spiro atoms. The minimum atomic E-state index is -1.58. The quantitative estimate of drug-likeness (QED) is 0.138. The Hall–Kier alpha value is -5.60. The first kappa shape index (κ1) is 44.0. The standard InChI is InChI=1S/C49H60N6O8/c1-45(2,3)29-12-10-28(11-13-29)40-34(36-8-6-24-54(36)48(41(58)52-43(60)61)32-18-14-30(15-19-32)46(48,4)26-38(50)56)22-23-35(40)37-9-7-25-55(37)49(42(59)53-44(62)63)33-20-16-31(17-21-33)47(49,5)27-39(51)57/h10-21,34-37,40H,6-9,22-27H2,1-5H3,(H2,50,56)(H2,51,57)(H,52,58)(H,53,59)(H,60,61)(H,62,63)/t34?,35?,36?,37?,40?,46?,47?,48-,49-/m1/s1.